The molecule has 0 aromatic heterocycles. The van der Waals surface area contributed by atoms with Crippen LogP contribution in [0.1, 0.15) is 47.5 Å². The van der Waals surface area contributed by atoms with Crippen LogP contribution in [0, 0.1) is 5.92 Å². The maximum atomic E-state index is 5.28. The third-order valence-electron chi connectivity index (χ3n) is 2.61. The van der Waals surface area contributed by atoms with Crippen molar-refractivity contribution in [1.82, 2.24) is 10.6 Å². The van der Waals surface area contributed by atoms with Gasteiger partial charge >= 0.3 is 0 Å². The predicted molar refractivity (Wildman–Crippen MR) is 79.1 cm³/mol. The first kappa shape index (κ1) is 17.2. The highest BCUT2D eigenvalue weighted by atomic mass is 16.5. The largest absolute Gasteiger partial charge is 0.380 e. The van der Waals surface area contributed by atoms with E-state index in [4.69, 9.17) is 4.74 Å². The van der Waals surface area contributed by atoms with Crippen LogP contribution in [0.25, 0.3) is 0 Å². The van der Waals surface area contributed by atoms with E-state index < -0.39 is 0 Å². The Kier molecular flexibility index (Phi) is 10.8. The van der Waals surface area contributed by atoms with Gasteiger partial charge in [0.1, 0.15) is 0 Å². The number of ether oxygens (including phenoxy) is 1. The van der Waals surface area contributed by atoms with E-state index >= 15 is 0 Å². The fraction of sp³-hybridized carbons (Fsp3) is 0.929. The Morgan fingerprint density at radius 1 is 1.17 bits per heavy atom. The minimum atomic E-state index is 0.456. The lowest BCUT2D eigenvalue weighted by molar-refractivity contribution is 0.155. The van der Waals surface area contributed by atoms with Gasteiger partial charge in [0.25, 0.3) is 0 Å². The van der Waals surface area contributed by atoms with Crippen LogP contribution in [0.5, 0.6) is 0 Å². The summed E-state index contributed by atoms with van der Waals surface area (Å²) in [7, 11) is 0. The molecule has 0 spiro atoms. The molecule has 0 aliphatic rings. The highest BCUT2D eigenvalue weighted by Crippen LogP contribution is 2.06. The van der Waals surface area contributed by atoms with Crippen molar-refractivity contribution in [2.75, 3.05) is 26.3 Å². The number of rotatable bonds is 9. The van der Waals surface area contributed by atoms with E-state index in [9.17, 15) is 0 Å². The number of aliphatic imine (C=N–C) groups is 1. The number of nitrogens with zero attached hydrogens (tertiary/aromatic N) is 1. The van der Waals surface area contributed by atoms with Crippen LogP contribution >= 0.6 is 0 Å². The van der Waals surface area contributed by atoms with Gasteiger partial charge in [-0.3, -0.25) is 4.99 Å². The molecule has 0 saturated carbocycles. The molecule has 0 amide bonds. The normalized spacial score (nSPS) is 13.8. The zero-order chi connectivity index (χ0) is 13.8. The van der Waals surface area contributed by atoms with Crippen LogP contribution in [0.4, 0.5) is 0 Å². The van der Waals surface area contributed by atoms with Gasteiger partial charge in [0.2, 0.25) is 0 Å². The van der Waals surface area contributed by atoms with Gasteiger partial charge < -0.3 is 15.4 Å². The molecule has 0 saturated heterocycles. The van der Waals surface area contributed by atoms with E-state index in [1.54, 1.807) is 0 Å². The summed E-state index contributed by atoms with van der Waals surface area (Å²) < 4.78 is 5.28. The zero-order valence-electron chi connectivity index (χ0n) is 12.8. The van der Waals surface area contributed by atoms with Gasteiger partial charge in [-0.25, -0.2) is 0 Å². The summed E-state index contributed by atoms with van der Waals surface area (Å²) in [6.07, 6.45) is 2.42. The highest BCUT2D eigenvalue weighted by molar-refractivity contribution is 5.80. The Hall–Kier alpha value is -0.770. The van der Waals surface area contributed by atoms with Crippen LogP contribution in [0.15, 0.2) is 4.99 Å². The number of nitrogens with one attached hydrogen (secondary N) is 2. The van der Waals surface area contributed by atoms with Gasteiger partial charge in [0, 0.05) is 19.2 Å². The van der Waals surface area contributed by atoms with Gasteiger partial charge in [-0.1, -0.05) is 13.8 Å². The van der Waals surface area contributed by atoms with Crippen LogP contribution in [0.3, 0.4) is 0 Å². The summed E-state index contributed by atoms with van der Waals surface area (Å²) in [5.41, 5.74) is 0. The van der Waals surface area contributed by atoms with Crippen molar-refractivity contribution in [2.24, 2.45) is 10.9 Å². The molecule has 0 aromatic carbocycles. The van der Waals surface area contributed by atoms with E-state index in [1.165, 1.54) is 12.8 Å². The molecule has 0 aliphatic carbocycles. The molecular formula is C14H31N3O. The Labute approximate surface area is 113 Å². The third-order valence-corrected chi connectivity index (χ3v) is 2.61. The number of hydrogen-bond acceptors (Lipinski definition) is 2. The van der Waals surface area contributed by atoms with Crippen molar-refractivity contribution in [2.45, 2.75) is 53.5 Å². The first-order valence-electron chi connectivity index (χ1n) is 7.22. The maximum absolute atomic E-state index is 5.28. The minimum Gasteiger partial charge on any atom is -0.380 e. The molecular weight excluding hydrogens is 226 g/mol. The maximum Gasteiger partial charge on any atom is 0.191 e. The minimum absolute atomic E-state index is 0.456. The second kappa shape index (κ2) is 11.3. The van der Waals surface area contributed by atoms with Crippen molar-refractivity contribution in [1.29, 1.82) is 0 Å². The van der Waals surface area contributed by atoms with Crippen molar-refractivity contribution in [3.8, 4) is 0 Å². The fourth-order valence-corrected chi connectivity index (χ4v) is 1.58. The van der Waals surface area contributed by atoms with E-state index in [0.717, 1.165) is 25.0 Å². The average Bonchev–Trinajstić information content (AvgIpc) is 2.32. The summed E-state index contributed by atoms with van der Waals surface area (Å²) in [6, 6.07) is 0.456. The van der Waals surface area contributed by atoms with E-state index in [2.05, 4.69) is 43.3 Å². The standard InChI is InChI=1S/C14H31N3O/c1-6-15-14(16-10-11-18-7-2)17-13(5)9-8-12(3)4/h12-13H,6-11H2,1-5H3,(H2,15,16,17). The Bertz CT molecular complexity index is 217. The zero-order valence-corrected chi connectivity index (χ0v) is 12.8. The molecule has 0 fully saturated rings. The molecule has 2 N–H and O–H groups in total. The van der Waals surface area contributed by atoms with E-state index in [0.29, 0.717) is 19.2 Å². The van der Waals surface area contributed by atoms with Crippen molar-refractivity contribution in [3.05, 3.63) is 0 Å². The summed E-state index contributed by atoms with van der Waals surface area (Å²) >= 11 is 0. The molecule has 1 unspecified atom stereocenters. The quantitative estimate of drug-likeness (QED) is 0.379. The molecule has 0 aromatic rings. The number of guanidine groups is 1. The Morgan fingerprint density at radius 3 is 2.44 bits per heavy atom. The Morgan fingerprint density at radius 2 is 1.89 bits per heavy atom. The van der Waals surface area contributed by atoms with Crippen LogP contribution in [0.2, 0.25) is 0 Å². The van der Waals surface area contributed by atoms with E-state index in [-0.39, 0.29) is 0 Å². The van der Waals surface area contributed by atoms with Crippen LogP contribution in [-0.4, -0.2) is 38.3 Å². The molecule has 0 heterocycles. The van der Waals surface area contributed by atoms with Gasteiger partial charge in [-0.15, -0.1) is 0 Å². The average molecular weight is 257 g/mol. The summed E-state index contributed by atoms with van der Waals surface area (Å²) in [4.78, 5) is 4.49. The number of hydrogen-bond donors (Lipinski definition) is 2. The molecule has 0 bridgehead atoms. The second-order valence-corrected chi connectivity index (χ2v) is 4.97. The monoisotopic (exact) mass is 257 g/mol. The van der Waals surface area contributed by atoms with Crippen molar-refractivity contribution in [3.63, 3.8) is 0 Å². The summed E-state index contributed by atoms with van der Waals surface area (Å²) in [5.74, 6) is 1.65. The predicted octanol–water partition coefficient (Wildman–Crippen LogP) is 2.40. The topological polar surface area (TPSA) is 45.7 Å². The summed E-state index contributed by atoms with van der Waals surface area (Å²) in [6.45, 7) is 13.8. The SMILES string of the molecule is CCNC(=NCCOCC)NC(C)CCC(C)C. The molecule has 0 radical (unpaired) electrons. The molecule has 1 atom stereocenters. The van der Waals surface area contributed by atoms with Gasteiger partial charge in [-0.2, -0.15) is 0 Å². The van der Waals surface area contributed by atoms with Gasteiger partial charge in [0.05, 0.1) is 13.2 Å². The molecule has 4 heteroatoms. The summed E-state index contributed by atoms with van der Waals surface area (Å²) in [5, 5.41) is 6.69. The smallest absolute Gasteiger partial charge is 0.191 e. The molecule has 108 valence electrons. The highest BCUT2D eigenvalue weighted by Gasteiger charge is 2.05. The molecule has 0 aliphatic heterocycles. The van der Waals surface area contributed by atoms with Crippen LogP contribution < -0.4 is 10.6 Å². The fourth-order valence-electron chi connectivity index (χ4n) is 1.58. The third kappa shape index (κ3) is 10.4. The molecule has 0 rings (SSSR count). The molecule has 4 nitrogen and oxygen atoms in total. The lowest BCUT2D eigenvalue weighted by atomic mass is 10.0. The van der Waals surface area contributed by atoms with Crippen molar-refractivity contribution >= 4 is 5.96 Å². The lowest BCUT2D eigenvalue weighted by Crippen LogP contribution is -2.42. The first-order valence-corrected chi connectivity index (χ1v) is 7.22. The lowest BCUT2D eigenvalue weighted by Gasteiger charge is -2.18. The van der Waals surface area contributed by atoms with Crippen molar-refractivity contribution < 1.29 is 4.74 Å². The molecule has 18 heavy (non-hydrogen) atoms. The van der Waals surface area contributed by atoms with Gasteiger partial charge in [0.15, 0.2) is 5.96 Å². The Balaban J connectivity index is 3.99. The van der Waals surface area contributed by atoms with Gasteiger partial charge in [-0.05, 0) is 39.5 Å². The van der Waals surface area contributed by atoms with E-state index in [1.807, 2.05) is 6.92 Å². The first-order chi connectivity index (χ1) is 8.60. The van der Waals surface area contributed by atoms with Crippen LogP contribution in [-0.2, 0) is 4.74 Å². The second-order valence-electron chi connectivity index (χ2n) is 4.97.